The number of rotatable bonds is 8. The van der Waals surface area contributed by atoms with Crippen molar-refractivity contribution in [2.45, 2.75) is 6.54 Å². The summed E-state index contributed by atoms with van der Waals surface area (Å²) in [5.41, 5.74) is 5.54. The lowest BCUT2D eigenvalue weighted by atomic mass is 10.2. The standard InChI is InChI=1S/C23H25FN6O4/c1-28(13-18(31)26-17-10-6-9-16(24)11-17)14-19(32)29(2)20-21(25)30(23(34)27-22(20)33)12-15-7-4-3-5-8-15/h3-11H,12-14,25H2,1-2H3,(H,26,31)(H,27,33,34). The predicted molar refractivity (Wildman–Crippen MR) is 127 cm³/mol. The summed E-state index contributed by atoms with van der Waals surface area (Å²) < 4.78 is 14.4. The van der Waals surface area contributed by atoms with E-state index < -0.39 is 28.9 Å². The fraction of sp³-hybridized carbons (Fsp3) is 0.217. The molecule has 0 aliphatic carbocycles. The number of aromatic nitrogens is 2. The van der Waals surface area contributed by atoms with Crippen LogP contribution >= 0.6 is 0 Å². The number of carbonyl (C=O) groups excluding carboxylic acids is 2. The Morgan fingerprint density at radius 2 is 1.76 bits per heavy atom. The van der Waals surface area contributed by atoms with Crippen LogP contribution in [-0.2, 0) is 16.1 Å². The van der Waals surface area contributed by atoms with Crippen molar-refractivity contribution in [1.29, 1.82) is 0 Å². The molecular formula is C23H25FN6O4. The van der Waals surface area contributed by atoms with E-state index in [-0.39, 0.29) is 31.1 Å². The van der Waals surface area contributed by atoms with E-state index in [0.717, 1.165) is 10.5 Å². The number of anilines is 3. The lowest BCUT2D eigenvalue weighted by Gasteiger charge is -2.23. The number of halogens is 1. The molecule has 0 aliphatic rings. The number of nitrogen functional groups attached to an aromatic ring is 1. The van der Waals surface area contributed by atoms with Crippen LogP contribution in [0.15, 0.2) is 64.2 Å². The second-order valence-corrected chi connectivity index (χ2v) is 7.75. The molecule has 0 saturated carbocycles. The number of nitrogens with two attached hydrogens (primary N) is 1. The van der Waals surface area contributed by atoms with E-state index in [1.54, 1.807) is 37.4 Å². The minimum atomic E-state index is -0.797. The van der Waals surface area contributed by atoms with Crippen molar-refractivity contribution >= 4 is 29.0 Å². The maximum absolute atomic E-state index is 13.3. The molecule has 2 amide bonds. The Kier molecular flexibility index (Phi) is 7.59. The first-order valence-corrected chi connectivity index (χ1v) is 10.3. The molecule has 4 N–H and O–H groups in total. The van der Waals surface area contributed by atoms with Gasteiger partial charge in [0.25, 0.3) is 5.56 Å². The molecule has 0 spiro atoms. The molecule has 1 heterocycles. The quantitative estimate of drug-likeness (QED) is 0.449. The van der Waals surface area contributed by atoms with Gasteiger partial charge in [-0.15, -0.1) is 0 Å². The van der Waals surface area contributed by atoms with E-state index in [4.69, 9.17) is 5.73 Å². The molecule has 3 rings (SSSR count). The third-order valence-electron chi connectivity index (χ3n) is 5.03. The number of nitrogens with one attached hydrogen (secondary N) is 2. The van der Waals surface area contributed by atoms with Gasteiger partial charge in [-0.2, -0.15) is 0 Å². The summed E-state index contributed by atoms with van der Waals surface area (Å²) >= 11 is 0. The Labute approximate surface area is 194 Å². The highest BCUT2D eigenvalue weighted by Gasteiger charge is 2.22. The minimum Gasteiger partial charge on any atom is -0.383 e. The van der Waals surface area contributed by atoms with E-state index in [1.165, 1.54) is 34.7 Å². The highest BCUT2D eigenvalue weighted by atomic mass is 19.1. The van der Waals surface area contributed by atoms with Gasteiger partial charge in [-0.1, -0.05) is 36.4 Å². The first kappa shape index (κ1) is 24.4. The molecule has 10 nitrogen and oxygen atoms in total. The van der Waals surface area contributed by atoms with Crippen molar-refractivity contribution in [3.8, 4) is 0 Å². The number of nitrogens with zero attached hydrogens (tertiary/aromatic N) is 3. The summed E-state index contributed by atoms with van der Waals surface area (Å²) in [6, 6.07) is 14.5. The third-order valence-corrected chi connectivity index (χ3v) is 5.03. The molecule has 1 aromatic heterocycles. The lowest BCUT2D eigenvalue weighted by Crippen LogP contribution is -2.43. The van der Waals surface area contributed by atoms with E-state index in [2.05, 4.69) is 10.3 Å². The van der Waals surface area contributed by atoms with Crippen LogP contribution in [0.5, 0.6) is 0 Å². The summed E-state index contributed by atoms with van der Waals surface area (Å²) in [5, 5.41) is 2.54. The van der Waals surface area contributed by atoms with Crippen molar-refractivity contribution in [2.24, 2.45) is 0 Å². The van der Waals surface area contributed by atoms with Gasteiger partial charge in [0, 0.05) is 12.7 Å². The summed E-state index contributed by atoms with van der Waals surface area (Å²) in [4.78, 5) is 54.5. The van der Waals surface area contributed by atoms with E-state index in [9.17, 15) is 23.6 Å². The zero-order chi connectivity index (χ0) is 24.8. The first-order valence-electron chi connectivity index (χ1n) is 10.3. The molecule has 178 valence electrons. The van der Waals surface area contributed by atoms with Crippen LogP contribution in [0.3, 0.4) is 0 Å². The third kappa shape index (κ3) is 5.95. The number of likely N-dealkylation sites (N-methyl/N-ethyl adjacent to an activating group) is 2. The normalized spacial score (nSPS) is 10.8. The first-order chi connectivity index (χ1) is 16.2. The Hall–Kier alpha value is -4.25. The molecule has 11 heteroatoms. The van der Waals surface area contributed by atoms with E-state index >= 15 is 0 Å². The van der Waals surface area contributed by atoms with Gasteiger partial charge in [-0.3, -0.25) is 28.8 Å². The van der Waals surface area contributed by atoms with Crippen LogP contribution in [0.25, 0.3) is 0 Å². The maximum atomic E-state index is 13.3. The Bertz CT molecular complexity index is 1300. The van der Waals surface area contributed by atoms with Crippen molar-refractivity contribution in [2.75, 3.05) is 43.1 Å². The van der Waals surface area contributed by atoms with E-state index in [1.807, 2.05) is 6.07 Å². The molecule has 0 saturated heterocycles. The molecular weight excluding hydrogens is 443 g/mol. The second kappa shape index (κ2) is 10.6. The SMILES string of the molecule is CN(CC(=O)Nc1cccc(F)c1)CC(=O)N(C)c1c(N)n(Cc2ccccc2)c(=O)[nH]c1=O. The highest BCUT2D eigenvalue weighted by Crippen LogP contribution is 2.16. The van der Waals surface area contributed by atoms with Crippen LogP contribution < -0.4 is 27.2 Å². The van der Waals surface area contributed by atoms with Gasteiger partial charge in [-0.25, -0.2) is 9.18 Å². The molecule has 0 aliphatic heterocycles. The average Bonchev–Trinajstić information content (AvgIpc) is 2.76. The topological polar surface area (TPSA) is 134 Å². The fourth-order valence-corrected chi connectivity index (χ4v) is 3.35. The predicted octanol–water partition coefficient (Wildman–Crippen LogP) is 0.840. The van der Waals surface area contributed by atoms with Crippen molar-refractivity contribution < 1.29 is 14.0 Å². The Morgan fingerprint density at radius 3 is 2.44 bits per heavy atom. The summed E-state index contributed by atoms with van der Waals surface area (Å²) in [7, 11) is 2.90. The highest BCUT2D eigenvalue weighted by molar-refractivity contribution is 5.97. The van der Waals surface area contributed by atoms with Crippen LogP contribution in [0.1, 0.15) is 5.56 Å². The van der Waals surface area contributed by atoms with Crippen LogP contribution in [-0.4, -0.2) is 53.5 Å². The number of hydrogen-bond acceptors (Lipinski definition) is 6. The molecule has 3 aromatic rings. The smallest absolute Gasteiger partial charge is 0.330 e. The Balaban J connectivity index is 1.70. The minimum absolute atomic E-state index is 0.109. The number of aromatic amines is 1. The number of H-pyrrole nitrogens is 1. The zero-order valence-electron chi connectivity index (χ0n) is 18.7. The van der Waals surface area contributed by atoms with Crippen LogP contribution in [0.2, 0.25) is 0 Å². The van der Waals surface area contributed by atoms with Crippen LogP contribution in [0.4, 0.5) is 21.6 Å². The molecule has 34 heavy (non-hydrogen) atoms. The van der Waals surface area contributed by atoms with Gasteiger partial charge in [0.05, 0.1) is 19.6 Å². The number of hydrogen-bond donors (Lipinski definition) is 3. The van der Waals surface area contributed by atoms with Gasteiger partial charge in [0.15, 0.2) is 5.69 Å². The van der Waals surface area contributed by atoms with Gasteiger partial charge in [0.2, 0.25) is 11.8 Å². The average molecular weight is 468 g/mol. The number of carbonyl (C=O) groups is 2. The van der Waals surface area contributed by atoms with E-state index in [0.29, 0.717) is 5.69 Å². The van der Waals surface area contributed by atoms with Gasteiger partial charge in [0.1, 0.15) is 11.6 Å². The van der Waals surface area contributed by atoms with Crippen molar-refractivity contribution in [1.82, 2.24) is 14.5 Å². The molecule has 0 atom stereocenters. The Morgan fingerprint density at radius 1 is 1.06 bits per heavy atom. The second-order valence-electron chi connectivity index (χ2n) is 7.75. The zero-order valence-corrected chi connectivity index (χ0v) is 18.7. The molecule has 2 aromatic carbocycles. The lowest BCUT2D eigenvalue weighted by molar-refractivity contribution is -0.120. The maximum Gasteiger partial charge on any atom is 0.330 e. The largest absolute Gasteiger partial charge is 0.383 e. The van der Waals surface area contributed by atoms with Crippen molar-refractivity contribution in [3.05, 3.63) is 86.8 Å². The van der Waals surface area contributed by atoms with Gasteiger partial charge < -0.3 is 16.0 Å². The monoisotopic (exact) mass is 468 g/mol. The molecule has 0 fully saturated rings. The van der Waals surface area contributed by atoms with Gasteiger partial charge >= 0.3 is 5.69 Å². The molecule has 0 unspecified atom stereocenters. The fourth-order valence-electron chi connectivity index (χ4n) is 3.35. The molecule has 0 radical (unpaired) electrons. The summed E-state index contributed by atoms with van der Waals surface area (Å²) in [6.45, 7) is -0.267. The van der Waals surface area contributed by atoms with Crippen molar-refractivity contribution in [3.63, 3.8) is 0 Å². The number of benzene rings is 2. The van der Waals surface area contributed by atoms with Crippen LogP contribution in [0, 0.1) is 5.82 Å². The van der Waals surface area contributed by atoms with Gasteiger partial charge in [-0.05, 0) is 30.8 Å². The molecule has 0 bridgehead atoms. The summed E-state index contributed by atoms with van der Waals surface area (Å²) in [5.74, 6) is -1.61. The summed E-state index contributed by atoms with van der Waals surface area (Å²) in [6.07, 6.45) is 0. The number of amides is 2.